The zero-order valence-electron chi connectivity index (χ0n) is 12.7. The van der Waals surface area contributed by atoms with Gasteiger partial charge in [-0.3, -0.25) is 10.9 Å². The van der Waals surface area contributed by atoms with Gasteiger partial charge in [-0.15, -0.1) is 0 Å². The SMILES string of the molecule is Cc1ccc(NC(=S)NNC(=S)Nc2ccc(C)c(Cl)c2)cc1. The standard InChI is InChI=1S/C16H17ClN4S2/c1-10-3-6-12(7-4-10)18-15(22)20-21-16(23)19-13-8-5-11(2)14(17)9-13/h3-9H,1-2H3,(H2,18,20,22)(H2,19,21,23). The number of hydrogen-bond donors (Lipinski definition) is 4. The molecule has 0 aliphatic rings. The highest BCUT2D eigenvalue weighted by molar-refractivity contribution is 7.81. The lowest BCUT2D eigenvalue weighted by Crippen LogP contribution is -2.45. The van der Waals surface area contributed by atoms with Gasteiger partial charge in [-0.2, -0.15) is 0 Å². The molecule has 2 rings (SSSR count). The summed E-state index contributed by atoms with van der Waals surface area (Å²) < 4.78 is 0. The number of aryl methyl sites for hydroxylation is 2. The molecule has 0 aromatic heterocycles. The second-order valence-corrected chi connectivity index (χ2v) is 6.21. The van der Waals surface area contributed by atoms with Gasteiger partial charge in [0.2, 0.25) is 0 Å². The quantitative estimate of drug-likeness (QED) is 0.474. The van der Waals surface area contributed by atoms with Gasteiger partial charge in [-0.25, -0.2) is 0 Å². The number of thiocarbonyl (C=S) groups is 2. The van der Waals surface area contributed by atoms with Crippen molar-refractivity contribution in [3.8, 4) is 0 Å². The fourth-order valence-electron chi connectivity index (χ4n) is 1.75. The minimum absolute atomic E-state index is 0.387. The number of benzene rings is 2. The summed E-state index contributed by atoms with van der Waals surface area (Å²) in [6.07, 6.45) is 0. The summed E-state index contributed by atoms with van der Waals surface area (Å²) in [7, 11) is 0. The van der Waals surface area contributed by atoms with Gasteiger partial charge in [0.05, 0.1) is 0 Å². The minimum Gasteiger partial charge on any atom is -0.331 e. The summed E-state index contributed by atoms with van der Waals surface area (Å²) in [5.41, 5.74) is 9.55. The lowest BCUT2D eigenvalue weighted by Gasteiger charge is -2.14. The molecule has 0 atom stereocenters. The van der Waals surface area contributed by atoms with Gasteiger partial charge in [-0.05, 0) is 68.1 Å². The van der Waals surface area contributed by atoms with Crippen molar-refractivity contribution < 1.29 is 0 Å². The second kappa shape index (κ2) is 8.10. The molecule has 0 aliphatic carbocycles. The molecule has 0 radical (unpaired) electrons. The van der Waals surface area contributed by atoms with Gasteiger partial charge >= 0.3 is 0 Å². The zero-order chi connectivity index (χ0) is 16.8. The van der Waals surface area contributed by atoms with E-state index in [-0.39, 0.29) is 0 Å². The molecule has 2 aromatic carbocycles. The van der Waals surface area contributed by atoms with Gasteiger partial charge in [0.1, 0.15) is 0 Å². The van der Waals surface area contributed by atoms with E-state index < -0.39 is 0 Å². The van der Waals surface area contributed by atoms with Crippen molar-refractivity contribution in [2.75, 3.05) is 10.6 Å². The predicted octanol–water partition coefficient (Wildman–Crippen LogP) is 4.14. The third-order valence-corrected chi connectivity index (χ3v) is 3.84. The van der Waals surface area contributed by atoms with E-state index >= 15 is 0 Å². The number of hydrogen-bond acceptors (Lipinski definition) is 2. The Kier molecular flexibility index (Phi) is 6.15. The first-order chi connectivity index (χ1) is 10.9. The molecular weight excluding hydrogens is 348 g/mol. The number of nitrogens with one attached hydrogen (secondary N) is 4. The lowest BCUT2D eigenvalue weighted by molar-refractivity contribution is 0.885. The van der Waals surface area contributed by atoms with E-state index in [2.05, 4.69) is 21.5 Å². The van der Waals surface area contributed by atoms with Gasteiger partial charge in [0.15, 0.2) is 10.2 Å². The van der Waals surface area contributed by atoms with E-state index in [1.807, 2.05) is 56.3 Å². The Hall–Kier alpha value is -1.89. The van der Waals surface area contributed by atoms with E-state index in [9.17, 15) is 0 Å². The number of hydrazine groups is 1. The van der Waals surface area contributed by atoms with Gasteiger partial charge < -0.3 is 10.6 Å². The van der Waals surface area contributed by atoms with Crippen LogP contribution in [0.2, 0.25) is 5.02 Å². The smallest absolute Gasteiger partial charge is 0.189 e. The minimum atomic E-state index is 0.387. The summed E-state index contributed by atoms with van der Waals surface area (Å²) in [4.78, 5) is 0. The lowest BCUT2D eigenvalue weighted by atomic mass is 10.2. The second-order valence-electron chi connectivity index (χ2n) is 4.99. The van der Waals surface area contributed by atoms with E-state index in [4.69, 9.17) is 36.0 Å². The Bertz CT molecular complexity index is 717. The van der Waals surface area contributed by atoms with Crippen LogP contribution >= 0.6 is 36.0 Å². The molecule has 4 N–H and O–H groups in total. The first-order valence-electron chi connectivity index (χ1n) is 6.91. The number of rotatable bonds is 2. The topological polar surface area (TPSA) is 48.1 Å². The molecule has 0 heterocycles. The summed E-state index contributed by atoms with van der Waals surface area (Å²) in [5, 5.41) is 7.56. The van der Waals surface area contributed by atoms with Crippen LogP contribution in [0, 0.1) is 13.8 Å². The molecule has 2 aromatic rings. The summed E-state index contributed by atoms with van der Waals surface area (Å²) in [5.74, 6) is 0. The van der Waals surface area contributed by atoms with Crippen molar-refractivity contribution >= 4 is 57.6 Å². The van der Waals surface area contributed by atoms with Crippen LogP contribution in [0.15, 0.2) is 42.5 Å². The van der Waals surface area contributed by atoms with Crippen LogP contribution in [0.25, 0.3) is 0 Å². The van der Waals surface area contributed by atoms with Crippen LogP contribution in [-0.2, 0) is 0 Å². The Balaban J connectivity index is 1.80. The highest BCUT2D eigenvalue weighted by Gasteiger charge is 2.02. The van der Waals surface area contributed by atoms with Crippen molar-refractivity contribution in [3.05, 3.63) is 58.6 Å². The monoisotopic (exact) mass is 364 g/mol. The van der Waals surface area contributed by atoms with Crippen LogP contribution in [0.1, 0.15) is 11.1 Å². The predicted molar refractivity (Wildman–Crippen MR) is 106 cm³/mol. The van der Waals surface area contributed by atoms with Crippen LogP contribution in [0.3, 0.4) is 0 Å². The zero-order valence-corrected chi connectivity index (χ0v) is 15.1. The molecule has 0 fully saturated rings. The average molecular weight is 365 g/mol. The molecule has 0 saturated carbocycles. The molecule has 0 bridgehead atoms. The number of anilines is 2. The van der Waals surface area contributed by atoms with Gasteiger partial charge in [-0.1, -0.05) is 35.4 Å². The number of halogens is 1. The maximum absolute atomic E-state index is 6.08. The Labute approximate surface area is 151 Å². The first kappa shape index (κ1) is 17.5. The van der Waals surface area contributed by atoms with Gasteiger partial charge in [0.25, 0.3) is 0 Å². The maximum Gasteiger partial charge on any atom is 0.189 e. The molecule has 0 saturated heterocycles. The van der Waals surface area contributed by atoms with E-state index in [0.29, 0.717) is 15.2 Å². The molecule has 0 aliphatic heterocycles. The van der Waals surface area contributed by atoms with E-state index in [1.54, 1.807) is 0 Å². The molecule has 0 amide bonds. The Morgan fingerprint density at radius 3 is 1.91 bits per heavy atom. The normalized spacial score (nSPS) is 9.87. The molecular formula is C16H17ClN4S2. The van der Waals surface area contributed by atoms with Crippen LogP contribution in [-0.4, -0.2) is 10.2 Å². The molecule has 0 unspecified atom stereocenters. The van der Waals surface area contributed by atoms with E-state index in [0.717, 1.165) is 16.9 Å². The summed E-state index contributed by atoms with van der Waals surface area (Å²) in [6, 6.07) is 13.6. The molecule has 23 heavy (non-hydrogen) atoms. The van der Waals surface area contributed by atoms with Crippen LogP contribution < -0.4 is 21.5 Å². The average Bonchev–Trinajstić information content (AvgIpc) is 2.51. The maximum atomic E-state index is 6.08. The third kappa shape index (κ3) is 5.67. The van der Waals surface area contributed by atoms with E-state index in [1.165, 1.54) is 5.56 Å². The fourth-order valence-corrected chi connectivity index (χ4v) is 2.26. The first-order valence-corrected chi connectivity index (χ1v) is 8.10. The van der Waals surface area contributed by atoms with Gasteiger partial charge in [0, 0.05) is 16.4 Å². The highest BCUT2D eigenvalue weighted by Crippen LogP contribution is 2.19. The largest absolute Gasteiger partial charge is 0.331 e. The molecule has 120 valence electrons. The molecule has 4 nitrogen and oxygen atoms in total. The van der Waals surface area contributed by atoms with Crippen molar-refractivity contribution in [3.63, 3.8) is 0 Å². The Morgan fingerprint density at radius 1 is 0.826 bits per heavy atom. The highest BCUT2D eigenvalue weighted by atomic mass is 35.5. The van der Waals surface area contributed by atoms with Crippen LogP contribution in [0.4, 0.5) is 11.4 Å². The molecule has 7 heteroatoms. The fraction of sp³-hybridized carbons (Fsp3) is 0.125. The summed E-state index contributed by atoms with van der Waals surface area (Å²) in [6.45, 7) is 3.97. The van der Waals surface area contributed by atoms with Crippen LogP contribution in [0.5, 0.6) is 0 Å². The molecule has 0 spiro atoms. The van der Waals surface area contributed by atoms with Crippen molar-refractivity contribution in [1.82, 2.24) is 10.9 Å². The summed E-state index contributed by atoms with van der Waals surface area (Å²) >= 11 is 16.5. The third-order valence-electron chi connectivity index (χ3n) is 3.03. The van der Waals surface area contributed by atoms with Crippen molar-refractivity contribution in [2.45, 2.75) is 13.8 Å². The Morgan fingerprint density at radius 2 is 1.35 bits per heavy atom. The van der Waals surface area contributed by atoms with Crippen molar-refractivity contribution in [1.29, 1.82) is 0 Å². The van der Waals surface area contributed by atoms with Crippen molar-refractivity contribution in [2.24, 2.45) is 0 Å².